The van der Waals surface area contributed by atoms with Crippen LogP contribution in [0, 0.1) is 16.6 Å². The average molecular weight is 208 g/mol. The molecule has 4 rings (SSSR count). The first kappa shape index (κ1) is 8.72. The van der Waals surface area contributed by atoms with Crippen LogP contribution in [-0.2, 0) is 0 Å². The number of hydrogen-bond acceptors (Lipinski definition) is 1. The minimum atomic E-state index is 0.696. The van der Waals surface area contributed by atoms with Crippen LogP contribution in [-0.4, -0.2) is 9.55 Å². The summed E-state index contributed by atoms with van der Waals surface area (Å²) in [6.07, 6.45) is 11.2. The Labute approximate surface area is 89.3 Å². The Balaban J connectivity index is 1.93. The first-order valence-corrected chi connectivity index (χ1v) is 6.01. The van der Waals surface area contributed by atoms with E-state index in [-0.39, 0.29) is 0 Å². The number of nitrogens with one attached hydrogen (secondary N) is 1. The zero-order valence-electron chi connectivity index (χ0n) is 8.28. The van der Waals surface area contributed by atoms with Gasteiger partial charge in [-0.05, 0) is 43.3 Å². The maximum absolute atomic E-state index is 5.29. The number of imidazole rings is 1. The zero-order chi connectivity index (χ0) is 9.54. The number of hydrogen-bond donors (Lipinski definition) is 1. The van der Waals surface area contributed by atoms with Gasteiger partial charge >= 0.3 is 0 Å². The Morgan fingerprint density at radius 1 is 1.29 bits per heavy atom. The quantitative estimate of drug-likeness (QED) is 0.702. The minimum absolute atomic E-state index is 0.696. The van der Waals surface area contributed by atoms with E-state index in [4.69, 9.17) is 12.2 Å². The fourth-order valence-corrected chi connectivity index (χ4v) is 3.54. The summed E-state index contributed by atoms with van der Waals surface area (Å²) in [7, 11) is 0. The monoisotopic (exact) mass is 208 g/mol. The molecule has 3 aliphatic rings. The van der Waals surface area contributed by atoms with Gasteiger partial charge in [0.2, 0.25) is 0 Å². The first-order valence-electron chi connectivity index (χ1n) is 5.60. The van der Waals surface area contributed by atoms with Crippen LogP contribution in [0.3, 0.4) is 0 Å². The van der Waals surface area contributed by atoms with E-state index in [2.05, 4.69) is 15.7 Å². The van der Waals surface area contributed by atoms with Crippen molar-refractivity contribution in [2.24, 2.45) is 11.8 Å². The molecule has 0 aliphatic heterocycles. The molecule has 3 fully saturated rings. The van der Waals surface area contributed by atoms with Gasteiger partial charge in [0.15, 0.2) is 4.77 Å². The lowest BCUT2D eigenvalue weighted by molar-refractivity contribution is 0.104. The number of rotatable bonds is 1. The van der Waals surface area contributed by atoms with Crippen molar-refractivity contribution in [3.63, 3.8) is 0 Å². The molecule has 1 N–H and O–H groups in total. The molecule has 3 saturated carbocycles. The van der Waals surface area contributed by atoms with Gasteiger partial charge in [-0.3, -0.25) is 0 Å². The van der Waals surface area contributed by atoms with E-state index in [1.54, 1.807) is 0 Å². The van der Waals surface area contributed by atoms with Crippen LogP contribution < -0.4 is 0 Å². The smallest absolute Gasteiger partial charge is 0.177 e. The highest BCUT2D eigenvalue weighted by molar-refractivity contribution is 7.71. The van der Waals surface area contributed by atoms with Crippen LogP contribution in [0.4, 0.5) is 0 Å². The molecular formula is C11H16N2S. The summed E-state index contributed by atoms with van der Waals surface area (Å²) in [5, 5.41) is 0. The van der Waals surface area contributed by atoms with Crippen molar-refractivity contribution in [3.05, 3.63) is 17.2 Å². The van der Waals surface area contributed by atoms with Crippen molar-refractivity contribution in [1.82, 2.24) is 9.55 Å². The Hall–Kier alpha value is -0.570. The van der Waals surface area contributed by atoms with Gasteiger partial charge in [-0.25, -0.2) is 0 Å². The second kappa shape index (κ2) is 3.23. The molecule has 0 radical (unpaired) electrons. The molecule has 2 bridgehead atoms. The van der Waals surface area contributed by atoms with E-state index in [0.717, 1.165) is 16.6 Å². The van der Waals surface area contributed by atoms with Crippen molar-refractivity contribution < 1.29 is 0 Å². The summed E-state index contributed by atoms with van der Waals surface area (Å²) in [6, 6.07) is 0.696. The highest BCUT2D eigenvalue weighted by atomic mass is 32.1. The largest absolute Gasteiger partial charge is 0.337 e. The van der Waals surface area contributed by atoms with E-state index in [0.29, 0.717) is 6.04 Å². The molecule has 1 unspecified atom stereocenters. The molecule has 3 aliphatic carbocycles. The molecule has 2 nitrogen and oxygen atoms in total. The van der Waals surface area contributed by atoms with Crippen LogP contribution in [0.1, 0.15) is 38.1 Å². The third-order valence-electron chi connectivity index (χ3n) is 4.04. The van der Waals surface area contributed by atoms with E-state index in [9.17, 15) is 0 Å². The molecule has 0 saturated heterocycles. The normalized spacial score (nSPS) is 36.1. The molecule has 1 aromatic heterocycles. The van der Waals surface area contributed by atoms with Crippen LogP contribution in [0.15, 0.2) is 12.4 Å². The van der Waals surface area contributed by atoms with Gasteiger partial charge in [-0.1, -0.05) is 12.8 Å². The predicted molar refractivity (Wildman–Crippen MR) is 58.7 cm³/mol. The summed E-state index contributed by atoms with van der Waals surface area (Å²) >= 11 is 5.29. The second-order valence-electron chi connectivity index (χ2n) is 4.76. The molecule has 76 valence electrons. The summed E-state index contributed by atoms with van der Waals surface area (Å²) in [5.74, 6) is 1.87. The fraction of sp³-hybridized carbons (Fsp3) is 0.727. The Bertz CT molecular complexity index is 371. The third-order valence-corrected chi connectivity index (χ3v) is 4.37. The summed E-state index contributed by atoms with van der Waals surface area (Å²) in [4.78, 5) is 3.10. The van der Waals surface area contributed by atoms with E-state index in [1.807, 2.05) is 6.20 Å². The maximum Gasteiger partial charge on any atom is 0.177 e. The predicted octanol–water partition coefficient (Wildman–Crippen LogP) is 3.30. The summed E-state index contributed by atoms with van der Waals surface area (Å²) in [6.45, 7) is 0. The first-order chi connectivity index (χ1) is 6.84. The van der Waals surface area contributed by atoms with Crippen molar-refractivity contribution in [2.75, 3.05) is 0 Å². The van der Waals surface area contributed by atoms with E-state index < -0.39 is 0 Å². The van der Waals surface area contributed by atoms with Gasteiger partial charge in [0, 0.05) is 18.4 Å². The average Bonchev–Trinajstić information content (AvgIpc) is 2.66. The number of fused-ring (bicyclic) bond motifs is 3. The third kappa shape index (κ3) is 1.26. The minimum Gasteiger partial charge on any atom is -0.337 e. The highest BCUT2D eigenvalue weighted by Crippen LogP contribution is 2.47. The number of H-pyrrole nitrogens is 1. The fourth-order valence-electron chi connectivity index (χ4n) is 3.28. The molecular weight excluding hydrogens is 192 g/mol. The lowest BCUT2D eigenvalue weighted by atomic mass is 9.68. The van der Waals surface area contributed by atoms with Gasteiger partial charge in [0.1, 0.15) is 0 Å². The number of aromatic amines is 1. The van der Waals surface area contributed by atoms with Crippen LogP contribution in [0.5, 0.6) is 0 Å². The topological polar surface area (TPSA) is 20.7 Å². The Morgan fingerprint density at radius 3 is 2.57 bits per heavy atom. The highest BCUT2D eigenvalue weighted by Gasteiger charge is 2.36. The van der Waals surface area contributed by atoms with E-state index in [1.165, 1.54) is 32.1 Å². The molecule has 1 aromatic rings. The zero-order valence-corrected chi connectivity index (χ0v) is 9.09. The van der Waals surface area contributed by atoms with Crippen molar-refractivity contribution in [3.8, 4) is 0 Å². The molecule has 0 aromatic carbocycles. The van der Waals surface area contributed by atoms with Gasteiger partial charge in [-0.2, -0.15) is 0 Å². The molecule has 0 amide bonds. The Morgan fingerprint density at radius 2 is 2.07 bits per heavy atom. The van der Waals surface area contributed by atoms with Crippen molar-refractivity contribution >= 4 is 12.2 Å². The molecule has 1 heterocycles. The van der Waals surface area contributed by atoms with Crippen LogP contribution in [0.25, 0.3) is 0 Å². The lowest BCUT2D eigenvalue weighted by Gasteiger charge is -2.42. The lowest BCUT2D eigenvalue weighted by Crippen LogP contribution is -2.32. The molecule has 14 heavy (non-hydrogen) atoms. The SMILES string of the molecule is S=c1[nH]ccn1C1CC2CCC1CC2. The van der Waals surface area contributed by atoms with Crippen molar-refractivity contribution in [1.29, 1.82) is 0 Å². The maximum atomic E-state index is 5.29. The van der Waals surface area contributed by atoms with Gasteiger partial charge in [-0.15, -0.1) is 0 Å². The van der Waals surface area contributed by atoms with Crippen LogP contribution in [0.2, 0.25) is 0 Å². The van der Waals surface area contributed by atoms with Gasteiger partial charge < -0.3 is 9.55 Å². The molecule has 3 heteroatoms. The Kier molecular flexibility index (Phi) is 2.01. The number of nitrogens with zero attached hydrogens (tertiary/aromatic N) is 1. The van der Waals surface area contributed by atoms with Crippen molar-refractivity contribution in [2.45, 2.75) is 38.1 Å². The summed E-state index contributed by atoms with van der Waals surface area (Å²) in [5.41, 5.74) is 0. The second-order valence-corrected chi connectivity index (χ2v) is 5.14. The van der Waals surface area contributed by atoms with Crippen LogP contribution >= 0.6 is 12.2 Å². The van der Waals surface area contributed by atoms with Gasteiger partial charge in [0.25, 0.3) is 0 Å². The summed E-state index contributed by atoms with van der Waals surface area (Å²) < 4.78 is 3.19. The standard InChI is InChI=1S/C11H16N2S/c14-11-12-5-6-13(11)10-7-8-1-3-9(10)4-2-8/h5-6,8-10H,1-4,7H2,(H,12,14). The van der Waals surface area contributed by atoms with Gasteiger partial charge in [0.05, 0.1) is 0 Å². The molecule has 0 spiro atoms. The van der Waals surface area contributed by atoms with E-state index >= 15 is 0 Å². The molecule has 1 atom stereocenters. The number of aromatic nitrogens is 2.